The number of nitrogens with one attached hydrogen (secondary N) is 1. The number of hydrogen-bond acceptors (Lipinski definition) is 4. The third-order valence-corrected chi connectivity index (χ3v) is 3.83. The van der Waals surface area contributed by atoms with Gasteiger partial charge in [0.05, 0.1) is 27.4 Å². The minimum atomic E-state index is -4.63. The van der Waals surface area contributed by atoms with Crippen LogP contribution < -0.4 is 10.2 Å². The van der Waals surface area contributed by atoms with E-state index in [9.17, 15) is 32.5 Å². The first-order chi connectivity index (χ1) is 12.4. The Hall–Kier alpha value is -3.17. The molecule has 1 amide bonds. The second kappa shape index (κ2) is 7.22. The molecule has 27 heavy (non-hydrogen) atoms. The van der Waals surface area contributed by atoms with Gasteiger partial charge in [0.15, 0.2) is 0 Å². The SMILES string of the molecule is Cc1c(F)cc(C(=O)Nc2cc(C(F)(F)F)ccc2N(C)C)cc1[N+](=O)[O-]. The Kier molecular flexibility index (Phi) is 5.38. The lowest BCUT2D eigenvalue weighted by Crippen LogP contribution is -2.18. The summed E-state index contributed by atoms with van der Waals surface area (Å²) in [5.74, 6) is -1.94. The Bertz CT molecular complexity index is 911. The maximum Gasteiger partial charge on any atom is 0.416 e. The Morgan fingerprint density at radius 2 is 1.81 bits per heavy atom. The van der Waals surface area contributed by atoms with Gasteiger partial charge in [0, 0.05) is 25.7 Å². The predicted molar refractivity (Wildman–Crippen MR) is 91.5 cm³/mol. The van der Waals surface area contributed by atoms with Crippen molar-refractivity contribution in [3.05, 3.63) is 63.0 Å². The molecule has 0 bridgehead atoms. The van der Waals surface area contributed by atoms with Crippen molar-refractivity contribution >= 4 is 23.0 Å². The van der Waals surface area contributed by atoms with Gasteiger partial charge in [-0.2, -0.15) is 13.2 Å². The summed E-state index contributed by atoms with van der Waals surface area (Å²) in [6, 6.07) is 4.45. The molecule has 1 N–H and O–H groups in total. The van der Waals surface area contributed by atoms with Crippen LogP contribution in [0.2, 0.25) is 0 Å². The average Bonchev–Trinajstić information content (AvgIpc) is 2.55. The average molecular weight is 385 g/mol. The summed E-state index contributed by atoms with van der Waals surface area (Å²) < 4.78 is 52.7. The molecule has 2 aromatic carbocycles. The van der Waals surface area contributed by atoms with Crippen molar-refractivity contribution in [1.82, 2.24) is 0 Å². The number of alkyl halides is 3. The molecule has 10 heteroatoms. The van der Waals surface area contributed by atoms with Crippen LogP contribution in [-0.2, 0) is 6.18 Å². The van der Waals surface area contributed by atoms with Crippen LogP contribution in [-0.4, -0.2) is 24.9 Å². The van der Waals surface area contributed by atoms with E-state index in [-0.39, 0.29) is 22.5 Å². The molecule has 0 radical (unpaired) electrons. The van der Waals surface area contributed by atoms with Crippen molar-refractivity contribution in [2.24, 2.45) is 0 Å². The van der Waals surface area contributed by atoms with Crippen molar-refractivity contribution in [3.8, 4) is 0 Å². The monoisotopic (exact) mass is 385 g/mol. The summed E-state index contributed by atoms with van der Waals surface area (Å²) in [6.07, 6.45) is -4.63. The summed E-state index contributed by atoms with van der Waals surface area (Å²) >= 11 is 0. The lowest BCUT2D eigenvalue weighted by Gasteiger charge is -2.20. The molecule has 0 saturated carbocycles. The van der Waals surface area contributed by atoms with E-state index in [0.29, 0.717) is 0 Å². The van der Waals surface area contributed by atoms with E-state index < -0.39 is 34.1 Å². The van der Waals surface area contributed by atoms with E-state index in [1.807, 2.05) is 0 Å². The van der Waals surface area contributed by atoms with Gasteiger partial charge in [-0.3, -0.25) is 14.9 Å². The minimum absolute atomic E-state index is 0.163. The molecule has 0 aromatic heterocycles. The fourth-order valence-electron chi connectivity index (χ4n) is 2.38. The number of hydrogen-bond donors (Lipinski definition) is 1. The van der Waals surface area contributed by atoms with Crippen LogP contribution in [0.15, 0.2) is 30.3 Å². The summed E-state index contributed by atoms with van der Waals surface area (Å²) in [5, 5.41) is 13.2. The molecule has 0 saturated heterocycles. The second-order valence-corrected chi connectivity index (χ2v) is 5.94. The highest BCUT2D eigenvalue weighted by Gasteiger charge is 2.31. The zero-order chi connectivity index (χ0) is 20.5. The van der Waals surface area contributed by atoms with Gasteiger partial charge in [0.25, 0.3) is 11.6 Å². The van der Waals surface area contributed by atoms with Gasteiger partial charge >= 0.3 is 6.18 Å². The number of carbonyl (C=O) groups is 1. The highest BCUT2D eigenvalue weighted by atomic mass is 19.4. The van der Waals surface area contributed by atoms with Crippen LogP contribution >= 0.6 is 0 Å². The van der Waals surface area contributed by atoms with Crippen LogP contribution in [0.5, 0.6) is 0 Å². The number of amides is 1. The molecule has 0 atom stereocenters. The number of nitrogens with zero attached hydrogens (tertiary/aromatic N) is 2. The molecule has 144 valence electrons. The molecular formula is C17H15F4N3O3. The zero-order valence-corrected chi connectivity index (χ0v) is 14.5. The first-order valence-electron chi connectivity index (χ1n) is 7.56. The number of nitro benzene ring substituents is 1. The molecule has 0 aliphatic carbocycles. The smallest absolute Gasteiger partial charge is 0.376 e. The topological polar surface area (TPSA) is 75.5 Å². The van der Waals surface area contributed by atoms with E-state index in [4.69, 9.17) is 0 Å². The van der Waals surface area contributed by atoms with Crippen molar-refractivity contribution in [1.29, 1.82) is 0 Å². The van der Waals surface area contributed by atoms with Crippen LogP contribution in [0.3, 0.4) is 0 Å². The largest absolute Gasteiger partial charge is 0.416 e. The van der Waals surface area contributed by atoms with Gasteiger partial charge in [0.1, 0.15) is 5.82 Å². The fourth-order valence-corrected chi connectivity index (χ4v) is 2.38. The lowest BCUT2D eigenvalue weighted by molar-refractivity contribution is -0.385. The Balaban J connectivity index is 2.47. The Labute approximate surface area is 151 Å². The van der Waals surface area contributed by atoms with E-state index in [1.54, 1.807) is 14.1 Å². The molecule has 0 heterocycles. The van der Waals surface area contributed by atoms with Gasteiger partial charge in [-0.25, -0.2) is 4.39 Å². The van der Waals surface area contributed by atoms with Gasteiger partial charge in [-0.05, 0) is 31.2 Å². The van der Waals surface area contributed by atoms with Crippen molar-refractivity contribution < 1.29 is 27.3 Å². The van der Waals surface area contributed by atoms with Crippen LogP contribution in [0, 0.1) is 22.9 Å². The maximum absolute atomic E-state index is 13.9. The Morgan fingerprint density at radius 3 is 2.33 bits per heavy atom. The van der Waals surface area contributed by atoms with E-state index >= 15 is 0 Å². The number of benzene rings is 2. The number of carbonyl (C=O) groups excluding carboxylic acids is 1. The molecule has 0 aliphatic rings. The molecule has 0 unspecified atom stereocenters. The fraction of sp³-hybridized carbons (Fsp3) is 0.235. The zero-order valence-electron chi connectivity index (χ0n) is 14.5. The number of nitro groups is 1. The number of rotatable bonds is 4. The van der Waals surface area contributed by atoms with Crippen molar-refractivity contribution in [3.63, 3.8) is 0 Å². The third-order valence-electron chi connectivity index (χ3n) is 3.83. The van der Waals surface area contributed by atoms with Gasteiger partial charge in [-0.15, -0.1) is 0 Å². The summed E-state index contributed by atoms with van der Waals surface area (Å²) in [7, 11) is 3.13. The number of anilines is 2. The second-order valence-electron chi connectivity index (χ2n) is 5.94. The highest BCUT2D eigenvalue weighted by Crippen LogP contribution is 2.35. The molecule has 6 nitrogen and oxygen atoms in total. The molecule has 0 spiro atoms. The first-order valence-corrected chi connectivity index (χ1v) is 7.56. The maximum atomic E-state index is 13.9. The third kappa shape index (κ3) is 4.33. The number of halogens is 4. The molecular weight excluding hydrogens is 370 g/mol. The standard InChI is InChI=1S/C17H15F4N3O3/c1-9-12(18)6-10(7-15(9)24(26)27)16(25)22-13-8-11(17(19,20)21)4-5-14(13)23(2)3/h4-8H,1-3H3,(H,22,25). The van der Waals surface area contributed by atoms with E-state index in [1.165, 1.54) is 17.9 Å². The van der Waals surface area contributed by atoms with Crippen LogP contribution in [0.25, 0.3) is 0 Å². The van der Waals surface area contributed by atoms with E-state index in [0.717, 1.165) is 24.3 Å². The quantitative estimate of drug-likeness (QED) is 0.482. The normalized spacial score (nSPS) is 11.2. The minimum Gasteiger partial charge on any atom is -0.376 e. The first kappa shape index (κ1) is 20.1. The van der Waals surface area contributed by atoms with Gasteiger partial charge in [-0.1, -0.05) is 0 Å². The summed E-state index contributed by atoms with van der Waals surface area (Å²) in [4.78, 5) is 24.0. The van der Waals surface area contributed by atoms with Crippen LogP contribution in [0.1, 0.15) is 21.5 Å². The summed E-state index contributed by atoms with van der Waals surface area (Å²) in [6.45, 7) is 1.19. The molecule has 2 rings (SSSR count). The van der Waals surface area contributed by atoms with Crippen molar-refractivity contribution in [2.45, 2.75) is 13.1 Å². The highest BCUT2D eigenvalue weighted by molar-refractivity contribution is 6.06. The predicted octanol–water partition coefficient (Wildman–Crippen LogP) is 4.38. The molecule has 0 fully saturated rings. The molecule has 2 aromatic rings. The van der Waals surface area contributed by atoms with Gasteiger partial charge < -0.3 is 10.2 Å². The lowest BCUT2D eigenvalue weighted by atomic mass is 10.1. The summed E-state index contributed by atoms with van der Waals surface area (Å²) in [5.41, 5.74) is -2.10. The van der Waals surface area contributed by atoms with Crippen molar-refractivity contribution in [2.75, 3.05) is 24.3 Å². The van der Waals surface area contributed by atoms with Gasteiger partial charge in [0.2, 0.25) is 0 Å². The van der Waals surface area contributed by atoms with E-state index in [2.05, 4.69) is 5.32 Å². The van der Waals surface area contributed by atoms with Crippen LogP contribution in [0.4, 0.5) is 34.6 Å². The Morgan fingerprint density at radius 1 is 1.19 bits per heavy atom. The molecule has 0 aliphatic heterocycles.